The third-order valence-electron chi connectivity index (χ3n) is 4.32. The van der Waals surface area contributed by atoms with Gasteiger partial charge in [-0.1, -0.05) is 24.3 Å². The summed E-state index contributed by atoms with van der Waals surface area (Å²) in [5.41, 5.74) is 0. The molecule has 0 amide bonds. The van der Waals surface area contributed by atoms with Crippen LogP contribution in [0.1, 0.15) is 32.1 Å². The largest absolute Gasteiger partial charge is 0.481 e. The number of carboxylic acid groups (broad SMARTS) is 1. The highest BCUT2D eigenvalue weighted by Crippen LogP contribution is 2.37. The second kappa shape index (κ2) is 10.6. The molecule has 1 rings (SSSR count). The fourth-order valence-corrected chi connectivity index (χ4v) is 3.01. The first-order valence-corrected chi connectivity index (χ1v) is 8.04. The zero-order valence-electron chi connectivity index (χ0n) is 13.9. The number of rotatable bonds is 10. The molecule has 2 N–H and O–H groups in total. The zero-order chi connectivity index (χ0) is 17.2. The van der Waals surface area contributed by atoms with Crippen LogP contribution < -0.4 is 0 Å². The molecule has 1 fully saturated rings. The maximum absolute atomic E-state index is 10.5. The first kappa shape index (κ1) is 19.9. The van der Waals surface area contributed by atoms with Gasteiger partial charge >= 0.3 is 5.97 Å². The molecule has 0 spiro atoms. The average molecular weight is 322 g/mol. The van der Waals surface area contributed by atoms with Gasteiger partial charge in [-0.15, -0.1) is 0 Å². The van der Waals surface area contributed by atoms with E-state index >= 15 is 0 Å². The Kier molecular flexibility index (Phi) is 9.21. The van der Waals surface area contributed by atoms with Gasteiger partial charge in [-0.3, -0.25) is 4.79 Å². The fourth-order valence-electron chi connectivity index (χ4n) is 3.01. The molecule has 5 nitrogen and oxygen atoms in total. The lowest BCUT2D eigenvalue weighted by Gasteiger charge is -2.21. The van der Waals surface area contributed by atoms with Crippen molar-refractivity contribution in [1.29, 1.82) is 0 Å². The molecule has 1 aliphatic rings. The Morgan fingerprint density at radius 3 is 2.74 bits per heavy atom. The van der Waals surface area contributed by atoms with E-state index in [0.717, 1.165) is 12.8 Å². The van der Waals surface area contributed by atoms with E-state index in [1.54, 1.807) is 13.2 Å². The van der Waals surface area contributed by atoms with Crippen molar-refractivity contribution in [2.75, 3.05) is 14.2 Å². The van der Waals surface area contributed by atoms with Crippen molar-refractivity contribution in [3.8, 4) is 0 Å². The van der Waals surface area contributed by atoms with Crippen LogP contribution in [0, 0.1) is 11.8 Å². The summed E-state index contributed by atoms with van der Waals surface area (Å²) in [6.45, 7) is 0. The van der Waals surface area contributed by atoms with E-state index in [1.807, 2.05) is 18.2 Å². The third-order valence-corrected chi connectivity index (χ3v) is 4.32. The molecule has 0 aliphatic heterocycles. The highest BCUT2D eigenvalue weighted by Gasteiger charge is 2.40. The molecule has 0 aromatic carbocycles. The monoisotopic (exact) mass is 322 g/mol. The number of hydrogen-bond donors (Lipinski definition) is 2. The Bertz CT molecular complexity index is 410. The number of aliphatic hydroxyl groups is 1. The van der Waals surface area contributed by atoms with Crippen molar-refractivity contribution in [3.63, 3.8) is 0 Å². The second-order valence-electron chi connectivity index (χ2n) is 5.90. The van der Waals surface area contributed by atoms with Crippen LogP contribution in [0.15, 0.2) is 24.3 Å². The third kappa shape index (κ3) is 6.89. The predicted molar refractivity (Wildman–Crippen MR) is 89.3 cm³/mol. The number of aliphatic carboxylic acids is 1. The summed E-state index contributed by atoms with van der Waals surface area (Å²) in [7, 11) is 8.90. The number of carbonyl (C=O) groups is 1. The minimum atomic E-state index is -0.767. The number of hydrogen-bond acceptors (Lipinski definition) is 4. The molecule has 0 aromatic heterocycles. The lowest BCUT2D eigenvalue weighted by molar-refractivity contribution is -0.137. The van der Waals surface area contributed by atoms with Gasteiger partial charge in [0.25, 0.3) is 0 Å². The van der Waals surface area contributed by atoms with Crippen molar-refractivity contribution >= 4 is 13.8 Å². The van der Waals surface area contributed by atoms with E-state index < -0.39 is 18.1 Å². The Labute approximate surface area is 139 Å². The van der Waals surface area contributed by atoms with Crippen LogP contribution in [0.4, 0.5) is 0 Å². The first-order valence-electron chi connectivity index (χ1n) is 8.04. The van der Waals surface area contributed by atoms with Crippen LogP contribution >= 0.6 is 0 Å². The van der Waals surface area contributed by atoms with Crippen molar-refractivity contribution in [2.24, 2.45) is 11.8 Å². The van der Waals surface area contributed by atoms with Crippen molar-refractivity contribution in [2.45, 2.75) is 50.3 Å². The molecular formula is C17H27BO5. The first-order chi connectivity index (χ1) is 11.0. The van der Waals surface area contributed by atoms with E-state index in [9.17, 15) is 9.90 Å². The molecule has 128 valence electrons. The molecule has 5 atom stereocenters. The number of ether oxygens (including phenoxy) is 2. The van der Waals surface area contributed by atoms with Gasteiger partial charge < -0.3 is 19.7 Å². The predicted octanol–water partition coefficient (Wildman–Crippen LogP) is 1.90. The van der Waals surface area contributed by atoms with Gasteiger partial charge in [-0.2, -0.15) is 0 Å². The van der Waals surface area contributed by atoms with Crippen LogP contribution in [0.2, 0.25) is 0 Å². The second-order valence-corrected chi connectivity index (χ2v) is 5.90. The summed E-state index contributed by atoms with van der Waals surface area (Å²) in [4.78, 5) is 10.5. The Hall–Kier alpha value is -1.11. The standard InChI is InChI=1S/C17H27BO5/c1-22-15-11-14(19)12(9-10-16(18)23-2)13(15)7-5-3-4-6-8-17(20)21/h3,5,9-10,12-16,19H,4,6-8,11H2,1-2H3,(H,20,21)/b5-3-,10-9?/t12-,13-,14-,15+,16?/m1/s1. The van der Waals surface area contributed by atoms with Crippen LogP contribution in [-0.4, -0.2) is 56.5 Å². The van der Waals surface area contributed by atoms with Gasteiger partial charge in [-0.05, 0) is 25.2 Å². The normalized spacial score (nSPS) is 29.5. The average Bonchev–Trinajstić information content (AvgIpc) is 2.83. The van der Waals surface area contributed by atoms with Gasteiger partial charge in [0.1, 0.15) is 7.85 Å². The van der Waals surface area contributed by atoms with Crippen molar-refractivity contribution in [1.82, 2.24) is 0 Å². The lowest BCUT2D eigenvalue weighted by atomic mass is 9.88. The molecule has 1 unspecified atom stereocenters. The molecule has 6 heteroatoms. The summed E-state index contributed by atoms with van der Waals surface area (Å²) in [5.74, 6) is -0.618. The smallest absolute Gasteiger partial charge is 0.303 e. The fraction of sp³-hybridized carbons (Fsp3) is 0.706. The van der Waals surface area contributed by atoms with Crippen LogP contribution in [0.25, 0.3) is 0 Å². The topological polar surface area (TPSA) is 76.0 Å². The van der Waals surface area contributed by atoms with E-state index in [-0.39, 0.29) is 24.4 Å². The van der Waals surface area contributed by atoms with E-state index in [2.05, 4.69) is 0 Å². The number of aliphatic hydroxyl groups excluding tert-OH is 1. The molecule has 0 heterocycles. The molecule has 23 heavy (non-hydrogen) atoms. The zero-order valence-corrected chi connectivity index (χ0v) is 13.9. The summed E-state index contributed by atoms with van der Waals surface area (Å²) >= 11 is 0. The summed E-state index contributed by atoms with van der Waals surface area (Å²) < 4.78 is 10.5. The van der Waals surface area contributed by atoms with Crippen molar-refractivity contribution < 1.29 is 24.5 Å². The van der Waals surface area contributed by atoms with E-state index in [4.69, 9.17) is 22.4 Å². The lowest BCUT2D eigenvalue weighted by Crippen LogP contribution is -2.21. The number of unbranched alkanes of at least 4 members (excludes halogenated alkanes) is 1. The summed E-state index contributed by atoms with van der Waals surface area (Å²) in [6, 6.07) is -0.476. The molecule has 2 radical (unpaired) electrons. The molecule has 1 aliphatic carbocycles. The number of allylic oxidation sites excluding steroid dienone is 2. The Morgan fingerprint density at radius 1 is 1.39 bits per heavy atom. The van der Waals surface area contributed by atoms with Crippen LogP contribution in [-0.2, 0) is 14.3 Å². The molecular weight excluding hydrogens is 295 g/mol. The molecule has 1 saturated carbocycles. The Balaban J connectivity index is 2.57. The van der Waals surface area contributed by atoms with E-state index in [0.29, 0.717) is 12.8 Å². The van der Waals surface area contributed by atoms with Gasteiger partial charge in [0.05, 0.1) is 12.2 Å². The Morgan fingerprint density at radius 2 is 2.13 bits per heavy atom. The maximum Gasteiger partial charge on any atom is 0.303 e. The number of methoxy groups -OCH3 is 2. The number of carboxylic acids is 1. The van der Waals surface area contributed by atoms with Gasteiger partial charge in [-0.25, -0.2) is 0 Å². The highest BCUT2D eigenvalue weighted by atomic mass is 16.5. The quantitative estimate of drug-likeness (QED) is 0.365. The molecule has 0 bridgehead atoms. The van der Waals surface area contributed by atoms with Gasteiger partial charge in [0, 0.05) is 39.0 Å². The van der Waals surface area contributed by atoms with Crippen LogP contribution in [0.3, 0.4) is 0 Å². The minimum Gasteiger partial charge on any atom is -0.481 e. The van der Waals surface area contributed by atoms with Crippen LogP contribution in [0.5, 0.6) is 0 Å². The van der Waals surface area contributed by atoms with Gasteiger partial charge in [0.15, 0.2) is 0 Å². The minimum absolute atomic E-state index is 0.00193. The summed E-state index contributed by atoms with van der Waals surface area (Å²) in [5, 5.41) is 18.8. The van der Waals surface area contributed by atoms with E-state index in [1.165, 1.54) is 7.11 Å². The van der Waals surface area contributed by atoms with Gasteiger partial charge in [0.2, 0.25) is 0 Å². The summed E-state index contributed by atoms with van der Waals surface area (Å²) in [6.07, 6.45) is 10.2. The SMILES string of the molecule is [B]C(C=C[C@@H]1[C@@H](C/C=C\CCCC(=O)O)[C@@H](OC)C[C@H]1O)OC. The maximum atomic E-state index is 10.5. The highest BCUT2D eigenvalue weighted by molar-refractivity contribution is 6.12. The molecule has 0 aromatic rings. The molecule has 0 saturated heterocycles. The van der Waals surface area contributed by atoms with Crippen molar-refractivity contribution in [3.05, 3.63) is 24.3 Å².